The van der Waals surface area contributed by atoms with Crippen LogP contribution in [0.15, 0.2) is 59.5 Å². The molecule has 9 heteroatoms. The lowest BCUT2D eigenvalue weighted by Crippen LogP contribution is -2.32. The Morgan fingerprint density at radius 1 is 1.08 bits per heavy atom. The number of rotatable bonds is 9. The number of hydrogen-bond donors (Lipinski definition) is 1. The molecule has 0 amide bonds. The van der Waals surface area contributed by atoms with Crippen LogP contribution < -0.4 is 4.74 Å². The van der Waals surface area contributed by atoms with E-state index in [9.17, 15) is 22.7 Å². The zero-order chi connectivity index (χ0) is 28.3. The van der Waals surface area contributed by atoms with Gasteiger partial charge in [-0.2, -0.15) is 4.31 Å². The molecule has 39 heavy (non-hydrogen) atoms. The first-order valence-corrected chi connectivity index (χ1v) is 14.4. The highest BCUT2D eigenvalue weighted by molar-refractivity contribution is 7.89. The number of ether oxygens (including phenoxy) is 1. The molecule has 0 bridgehead atoms. The quantitative estimate of drug-likeness (QED) is 0.411. The molecule has 0 aromatic heterocycles. The highest BCUT2D eigenvalue weighted by atomic mass is 32.2. The minimum atomic E-state index is -3.80. The molecule has 0 fully saturated rings. The van der Waals surface area contributed by atoms with Gasteiger partial charge in [-0.15, -0.1) is 0 Å². The normalized spacial score (nSPS) is 15.8. The molecule has 1 unspecified atom stereocenters. The molecule has 1 heterocycles. The molecule has 0 radical (unpaired) electrons. The Morgan fingerprint density at radius 2 is 1.82 bits per heavy atom. The van der Waals surface area contributed by atoms with E-state index in [0.29, 0.717) is 29.8 Å². The maximum absolute atomic E-state index is 14.8. The molecular formula is C30H35FN2O5S. The van der Waals surface area contributed by atoms with Crippen molar-refractivity contribution in [1.82, 2.24) is 9.21 Å². The van der Waals surface area contributed by atoms with Crippen LogP contribution in [0.25, 0.3) is 0 Å². The van der Waals surface area contributed by atoms with Crippen molar-refractivity contribution in [3.63, 3.8) is 0 Å². The fourth-order valence-electron chi connectivity index (χ4n) is 4.96. The molecule has 1 N–H and O–H groups in total. The van der Waals surface area contributed by atoms with Gasteiger partial charge in [0.1, 0.15) is 23.1 Å². The number of aliphatic carboxylic acids is 1. The second kappa shape index (κ2) is 11.9. The summed E-state index contributed by atoms with van der Waals surface area (Å²) in [6.07, 6.45) is 0.326. The summed E-state index contributed by atoms with van der Waals surface area (Å²) in [5.74, 6) is -1.45. The van der Waals surface area contributed by atoms with E-state index in [0.717, 1.165) is 22.3 Å². The average molecular weight is 555 g/mol. The topological polar surface area (TPSA) is 87.2 Å². The molecule has 1 aliphatic rings. The molecular weight excluding hydrogens is 519 g/mol. The first kappa shape index (κ1) is 28.7. The SMILES string of the molecule is Cc1ccc(C(CC(=O)O)c2cc(CCN(C)C)c(F)cc2C)cc1CN1CCOc2ccccc2S1(=O)=O. The van der Waals surface area contributed by atoms with Crippen molar-refractivity contribution < 1.29 is 27.4 Å². The number of fused-ring (bicyclic) bond motifs is 1. The van der Waals surface area contributed by atoms with E-state index in [4.69, 9.17) is 4.74 Å². The lowest BCUT2D eigenvalue weighted by Gasteiger charge is -2.24. The van der Waals surface area contributed by atoms with Crippen LogP contribution in [0.2, 0.25) is 0 Å². The lowest BCUT2D eigenvalue weighted by molar-refractivity contribution is -0.137. The molecule has 3 aromatic carbocycles. The van der Waals surface area contributed by atoms with E-state index < -0.39 is 21.9 Å². The number of hydrogen-bond acceptors (Lipinski definition) is 5. The monoisotopic (exact) mass is 554 g/mol. The van der Waals surface area contributed by atoms with Gasteiger partial charge in [0.05, 0.1) is 6.42 Å². The Hall–Kier alpha value is -3.27. The summed E-state index contributed by atoms with van der Waals surface area (Å²) in [6, 6.07) is 15.5. The fourth-order valence-corrected chi connectivity index (χ4v) is 6.50. The van der Waals surface area contributed by atoms with Gasteiger partial charge in [-0.3, -0.25) is 4.79 Å². The highest BCUT2D eigenvalue weighted by Gasteiger charge is 2.31. The molecule has 7 nitrogen and oxygen atoms in total. The van der Waals surface area contributed by atoms with Crippen LogP contribution in [0.1, 0.15) is 45.7 Å². The lowest BCUT2D eigenvalue weighted by atomic mass is 9.83. The molecule has 4 rings (SSSR count). The summed E-state index contributed by atoms with van der Waals surface area (Å²) < 4.78 is 48.8. The van der Waals surface area contributed by atoms with Crippen LogP contribution in [-0.2, 0) is 27.8 Å². The Bertz CT molecular complexity index is 1470. The minimum Gasteiger partial charge on any atom is -0.491 e. The third-order valence-electron chi connectivity index (χ3n) is 7.21. The number of aryl methyl sites for hydroxylation is 2. The number of carboxylic acid groups (broad SMARTS) is 1. The van der Waals surface area contributed by atoms with Crippen LogP contribution in [0.4, 0.5) is 4.39 Å². The number of nitrogens with zero attached hydrogens (tertiary/aromatic N) is 2. The summed E-state index contributed by atoms with van der Waals surface area (Å²) >= 11 is 0. The van der Waals surface area contributed by atoms with Gasteiger partial charge in [0, 0.05) is 25.6 Å². The fraction of sp³-hybridized carbons (Fsp3) is 0.367. The zero-order valence-electron chi connectivity index (χ0n) is 22.8. The third kappa shape index (κ3) is 6.49. The van der Waals surface area contributed by atoms with Gasteiger partial charge in [-0.25, -0.2) is 12.8 Å². The maximum atomic E-state index is 14.8. The number of halogens is 1. The third-order valence-corrected chi connectivity index (χ3v) is 9.09. The first-order valence-electron chi connectivity index (χ1n) is 12.9. The van der Waals surface area contributed by atoms with Gasteiger partial charge in [-0.05, 0) is 85.9 Å². The molecule has 0 saturated heterocycles. The summed E-state index contributed by atoms with van der Waals surface area (Å²) in [7, 11) is 0.0394. The van der Waals surface area contributed by atoms with E-state index in [1.54, 1.807) is 37.3 Å². The largest absolute Gasteiger partial charge is 0.491 e. The molecule has 0 spiro atoms. The Kier molecular flexibility index (Phi) is 8.73. The average Bonchev–Trinajstić information content (AvgIpc) is 2.99. The van der Waals surface area contributed by atoms with Crippen molar-refractivity contribution in [3.8, 4) is 5.75 Å². The number of sulfonamides is 1. The van der Waals surface area contributed by atoms with Gasteiger partial charge < -0.3 is 14.7 Å². The summed E-state index contributed by atoms with van der Waals surface area (Å²) in [6.45, 7) is 4.89. The van der Waals surface area contributed by atoms with Crippen molar-refractivity contribution in [1.29, 1.82) is 0 Å². The van der Waals surface area contributed by atoms with Crippen molar-refractivity contribution in [3.05, 3.63) is 93.8 Å². The van der Waals surface area contributed by atoms with E-state index in [1.807, 2.05) is 44.1 Å². The van der Waals surface area contributed by atoms with Crippen LogP contribution in [0, 0.1) is 19.7 Å². The molecule has 0 saturated carbocycles. The Morgan fingerprint density at radius 3 is 2.54 bits per heavy atom. The van der Waals surface area contributed by atoms with Gasteiger partial charge >= 0.3 is 5.97 Å². The number of para-hydroxylation sites is 1. The molecule has 208 valence electrons. The van der Waals surface area contributed by atoms with Crippen LogP contribution in [0.3, 0.4) is 0 Å². The highest BCUT2D eigenvalue weighted by Crippen LogP contribution is 2.35. The summed E-state index contributed by atoms with van der Waals surface area (Å²) in [5.41, 5.74) is 4.39. The van der Waals surface area contributed by atoms with Gasteiger partial charge in [-0.1, -0.05) is 36.4 Å². The molecule has 3 aromatic rings. The second-order valence-electron chi connectivity index (χ2n) is 10.3. The zero-order valence-corrected chi connectivity index (χ0v) is 23.6. The van der Waals surface area contributed by atoms with E-state index in [1.165, 1.54) is 10.4 Å². The van der Waals surface area contributed by atoms with Gasteiger partial charge in [0.15, 0.2) is 0 Å². The first-order chi connectivity index (χ1) is 18.5. The molecule has 0 aliphatic carbocycles. The predicted octanol–water partition coefficient (Wildman–Crippen LogP) is 4.74. The minimum absolute atomic E-state index is 0.121. The predicted molar refractivity (Wildman–Crippen MR) is 148 cm³/mol. The Balaban J connectivity index is 1.72. The standard InChI is InChI=1S/C30H35FN2O5S/c1-20-9-10-22(16-24(20)19-33-13-14-38-28-7-5-6-8-29(28)39(33,36)37)26(18-30(34)35)25-17-23(11-12-32(3)4)27(31)15-21(25)2/h5-10,15-17,26H,11-14,18-19H2,1-4H3,(H,34,35). The van der Waals surface area contributed by atoms with Crippen molar-refractivity contribution >= 4 is 16.0 Å². The number of benzene rings is 3. The Labute approximate surface area is 229 Å². The number of carboxylic acids is 1. The van der Waals surface area contributed by atoms with Crippen LogP contribution in [-0.4, -0.2) is 62.5 Å². The summed E-state index contributed by atoms with van der Waals surface area (Å²) in [4.78, 5) is 14.1. The number of carbonyl (C=O) groups is 1. The number of likely N-dealkylation sites (N-methyl/N-ethyl adjacent to an activating group) is 1. The second-order valence-corrected chi connectivity index (χ2v) is 12.2. The van der Waals surface area contributed by atoms with Crippen molar-refractivity contribution in [2.45, 2.75) is 44.0 Å². The van der Waals surface area contributed by atoms with Gasteiger partial charge in [0.2, 0.25) is 10.0 Å². The van der Waals surface area contributed by atoms with Gasteiger partial charge in [0.25, 0.3) is 0 Å². The molecule has 1 aliphatic heterocycles. The van der Waals surface area contributed by atoms with E-state index in [-0.39, 0.29) is 36.8 Å². The van der Waals surface area contributed by atoms with Crippen molar-refractivity contribution in [2.24, 2.45) is 0 Å². The van der Waals surface area contributed by atoms with E-state index >= 15 is 0 Å². The summed E-state index contributed by atoms with van der Waals surface area (Å²) in [5, 5.41) is 9.79. The maximum Gasteiger partial charge on any atom is 0.304 e. The van der Waals surface area contributed by atoms with Crippen LogP contribution in [0.5, 0.6) is 5.75 Å². The van der Waals surface area contributed by atoms with E-state index in [2.05, 4.69) is 0 Å². The molecule has 1 atom stereocenters. The van der Waals surface area contributed by atoms with Crippen molar-refractivity contribution in [2.75, 3.05) is 33.8 Å². The van der Waals surface area contributed by atoms with Crippen LogP contribution >= 0.6 is 0 Å². The smallest absolute Gasteiger partial charge is 0.304 e.